The number of epoxide rings is 1. The van der Waals surface area contributed by atoms with Crippen molar-refractivity contribution in [2.45, 2.75) is 38.8 Å². The van der Waals surface area contributed by atoms with Gasteiger partial charge in [0.1, 0.15) is 5.60 Å². The summed E-state index contributed by atoms with van der Waals surface area (Å²) in [5.41, 5.74) is 5.17. The van der Waals surface area contributed by atoms with Crippen molar-refractivity contribution in [2.75, 3.05) is 6.61 Å². The second-order valence-electron chi connectivity index (χ2n) is 4.12. The Balaban J connectivity index is 2.42. The summed E-state index contributed by atoms with van der Waals surface area (Å²) in [5.74, 6) is 0.516. The lowest BCUT2D eigenvalue weighted by atomic mass is 9.94. The molecule has 0 aliphatic carbocycles. The van der Waals surface area contributed by atoms with E-state index in [1.807, 2.05) is 0 Å². The van der Waals surface area contributed by atoms with Crippen LogP contribution in [0.1, 0.15) is 27.2 Å². The first-order valence-electron chi connectivity index (χ1n) is 4.39. The number of carbonyl (C=O) groups excluding carboxylic acids is 1. The molecule has 0 amide bonds. The highest BCUT2D eigenvalue weighted by atomic mass is 16.6. The van der Waals surface area contributed by atoms with Crippen molar-refractivity contribution >= 4 is 5.78 Å². The van der Waals surface area contributed by atoms with Crippen LogP contribution in [0, 0.1) is 5.92 Å². The van der Waals surface area contributed by atoms with E-state index >= 15 is 0 Å². The number of hydrogen-bond acceptors (Lipinski definition) is 3. The van der Waals surface area contributed by atoms with Crippen LogP contribution in [0.25, 0.3) is 0 Å². The van der Waals surface area contributed by atoms with Gasteiger partial charge in [0, 0.05) is 0 Å². The first-order valence-corrected chi connectivity index (χ1v) is 4.39. The second kappa shape index (κ2) is 3.15. The molecule has 3 heteroatoms. The van der Waals surface area contributed by atoms with Gasteiger partial charge in [0.05, 0.1) is 12.6 Å². The predicted molar refractivity (Wildman–Crippen MR) is 46.8 cm³/mol. The molecule has 0 spiro atoms. The number of rotatable bonds is 4. The Hall–Kier alpha value is -0.410. The lowest BCUT2D eigenvalue weighted by Gasteiger charge is -2.14. The van der Waals surface area contributed by atoms with Gasteiger partial charge in [-0.1, -0.05) is 13.8 Å². The summed E-state index contributed by atoms with van der Waals surface area (Å²) >= 11 is 0. The van der Waals surface area contributed by atoms with Gasteiger partial charge in [-0.25, -0.2) is 0 Å². The fourth-order valence-electron chi connectivity index (χ4n) is 1.26. The van der Waals surface area contributed by atoms with Crippen LogP contribution < -0.4 is 5.73 Å². The lowest BCUT2D eigenvalue weighted by molar-refractivity contribution is -0.125. The number of Topliss-reactive ketones (excluding diaryl/α,β-unsaturated/α-hetero) is 1. The third-order valence-electron chi connectivity index (χ3n) is 2.16. The Morgan fingerprint density at radius 1 is 1.67 bits per heavy atom. The van der Waals surface area contributed by atoms with Crippen molar-refractivity contribution in [3.05, 3.63) is 0 Å². The molecule has 1 saturated heterocycles. The maximum absolute atomic E-state index is 11.5. The Morgan fingerprint density at radius 3 is 2.50 bits per heavy atom. The van der Waals surface area contributed by atoms with Crippen molar-refractivity contribution in [1.82, 2.24) is 0 Å². The van der Waals surface area contributed by atoms with Gasteiger partial charge < -0.3 is 10.5 Å². The van der Waals surface area contributed by atoms with Gasteiger partial charge >= 0.3 is 0 Å². The standard InChI is InChI=1S/C9H17NO2/c1-6(2)4-7(10)8(11)9(3)5-12-9/h6-7H,4-5,10H2,1-3H3/t7-,9-/m0/s1. The number of ketones is 1. The average molecular weight is 171 g/mol. The molecule has 0 aromatic carbocycles. The SMILES string of the molecule is CC(C)C[C@H](N)C(=O)[C@]1(C)CO1. The maximum atomic E-state index is 11.5. The summed E-state index contributed by atoms with van der Waals surface area (Å²) in [7, 11) is 0. The van der Waals surface area contributed by atoms with Gasteiger partial charge in [-0.2, -0.15) is 0 Å². The van der Waals surface area contributed by atoms with Gasteiger partial charge in [-0.15, -0.1) is 0 Å². The molecule has 1 rings (SSSR count). The fraction of sp³-hybridized carbons (Fsp3) is 0.889. The van der Waals surface area contributed by atoms with Crippen LogP contribution in [0.3, 0.4) is 0 Å². The molecule has 2 atom stereocenters. The molecular formula is C9H17NO2. The van der Waals surface area contributed by atoms with Crippen LogP contribution in [-0.4, -0.2) is 24.0 Å². The molecule has 1 aliphatic rings. The zero-order chi connectivity index (χ0) is 9.35. The highest BCUT2D eigenvalue weighted by Gasteiger charge is 2.48. The lowest BCUT2D eigenvalue weighted by Crippen LogP contribution is -2.40. The average Bonchev–Trinajstić information content (AvgIpc) is 2.66. The molecule has 0 radical (unpaired) electrons. The molecular weight excluding hydrogens is 154 g/mol. The van der Waals surface area contributed by atoms with E-state index in [1.54, 1.807) is 6.92 Å². The van der Waals surface area contributed by atoms with E-state index in [9.17, 15) is 4.79 Å². The van der Waals surface area contributed by atoms with Gasteiger partial charge in [-0.05, 0) is 19.3 Å². The monoisotopic (exact) mass is 171 g/mol. The fourth-order valence-corrected chi connectivity index (χ4v) is 1.26. The van der Waals surface area contributed by atoms with E-state index in [0.29, 0.717) is 12.5 Å². The molecule has 1 heterocycles. The molecule has 3 nitrogen and oxygen atoms in total. The molecule has 1 fully saturated rings. The van der Waals surface area contributed by atoms with E-state index in [1.165, 1.54) is 0 Å². The molecule has 70 valence electrons. The zero-order valence-electron chi connectivity index (χ0n) is 7.96. The smallest absolute Gasteiger partial charge is 0.183 e. The third-order valence-corrected chi connectivity index (χ3v) is 2.16. The van der Waals surface area contributed by atoms with Crippen LogP contribution in [0.5, 0.6) is 0 Å². The van der Waals surface area contributed by atoms with Crippen molar-refractivity contribution in [3.63, 3.8) is 0 Å². The van der Waals surface area contributed by atoms with E-state index in [-0.39, 0.29) is 11.8 Å². The van der Waals surface area contributed by atoms with Crippen LogP contribution in [0.2, 0.25) is 0 Å². The number of carbonyl (C=O) groups is 1. The molecule has 0 aromatic rings. The second-order valence-corrected chi connectivity index (χ2v) is 4.12. The Labute approximate surface area is 73.3 Å². The number of ether oxygens (including phenoxy) is 1. The number of hydrogen-bond donors (Lipinski definition) is 1. The largest absolute Gasteiger partial charge is 0.362 e. The summed E-state index contributed by atoms with van der Waals surface area (Å²) in [5, 5.41) is 0. The van der Waals surface area contributed by atoms with Crippen molar-refractivity contribution in [1.29, 1.82) is 0 Å². The van der Waals surface area contributed by atoms with Crippen LogP contribution in [0.15, 0.2) is 0 Å². The summed E-state index contributed by atoms with van der Waals surface area (Å²) in [4.78, 5) is 11.5. The summed E-state index contributed by atoms with van der Waals surface area (Å²) in [6.07, 6.45) is 0.748. The van der Waals surface area contributed by atoms with Gasteiger partial charge in [-0.3, -0.25) is 4.79 Å². The number of nitrogens with two attached hydrogens (primary N) is 1. The highest BCUT2D eigenvalue weighted by molar-refractivity contribution is 5.93. The molecule has 0 aromatic heterocycles. The van der Waals surface area contributed by atoms with Crippen LogP contribution in [0.4, 0.5) is 0 Å². The van der Waals surface area contributed by atoms with E-state index in [2.05, 4.69) is 13.8 Å². The maximum Gasteiger partial charge on any atom is 0.183 e. The molecule has 0 unspecified atom stereocenters. The van der Waals surface area contributed by atoms with Gasteiger partial charge in [0.15, 0.2) is 5.78 Å². The molecule has 0 saturated carbocycles. The first kappa shape index (κ1) is 9.68. The third kappa shape index (κ3) is 2.05. The van der Waals surface area contributed by atoms with Crippen LogP contribution >= 0.6 is 0 Å². The predicted octanol–water partition coefficient (Wildman–Crippen LogP) is 0.718. The van der Waals surface area contributed by atoms with E-state index in [4.69, 9.17) is 10.5 Å². The Kier molecular flexibility index (Phi) is 2.54. The zero-order valence-corrected chi connectivity index (χ0v) is 7.96. The minimum Gasteiger partial charge on any atom is -0.362 e. The van der Waals surface area contributed by atoms with Gasteiger partial charge in [0.25, 0.3) is 0 Å². The summed E-state index contributed by atoms with van der Waals surface area (Å²) < 4.78 is 5.03. The minimum absolute atomic E-state index is 0.0520. The normalized spacial score (nSPS) is 30.4. The quantitative estimate of drug-likeness (QED) is 0.634. The van der Waals surface area contributed by atoms with Crippen molar-refractivity contribution < 1.29 is 9.53 Å². The van der Waals surface area contributed by atoms with Crippen molar-refractivity contribution in [3.8, 4) is 0 Å². The highest BCUT2D eigenvalue weighted by Crippen LogP contribution is 2.28. The molecule has 1 aliphatic heterocycles. The molecule has 2 N–H and O–H groups in total. The molecule has 0 bridgehead atoms. The first-order chi connectivity index (χ1) is 5.46. The summed E-state index contributed by atoms with van der Waals surface area (Å²) in [6, 6.07) is -0.350. The topological polar surface area (TPSA) is 55.6 Å². The van der Waals surface area contributed by atoms with Crippen LogP contribution in [-0.2, 0) is 9.53 Å². The Bertz CT molecular complexity index is 185. The van der Waals surface area contributed by atoms with E-state index in [0.717, 1.165) is 6.42 Å². The summed E-state index contributed by atoms with van der Waals surface area (Å²) in [6.45, 7) is 6.46. The minimum atomic E-state index is -0.547. The Morgan fingerprint density at radius 2 is 2.17 bits per heavy atom. The van der Waals surface area contributed by atoms with Gasteiger partial charge in [0.2, 0.25) is 0 Å². The van der Waals surface area contributed by atoms with E-state index < -0.39 is 5.60 Å². The van der Waals surface area contributed by atoms with Crippen molar-refractivity contribution in [2.24, 2.45) is 11.7 Å². The molecule has 12 heavy (non-hydrogen) atoms.